The molecule has 0 spiro atoms. The van der Waals surface area contributed by atoms with Crippen molar-refractivity contribution in [2.45, 2.75) is 91.4 Å². The van der Waals surface area contributed by atoms with Gasteiger partial charge in [0.25, 0.3) is 6.71 Å². The number of para-hydroxylation sites is 1. The second-order valence-corrected chi connectivity index (χ2v) is 22.8. The Morgan fingerprint density at radius 2 is 1.12 bits per heavy atom. The van der Waals surface area contributed by atoms with Gasteiger partial charge < -0.3 is 14.2 Å². The van der Waals surface area contributed by atoms with Crippen LogP contribution in [0.5, 0.6) is 0 Å². The molecule has 0 atom stereocenters. The summed E-state index contributed by atoms with van der Waals surface area (Å²) in [7, 11) is 0. The van der Waals surface area contributed by atoms with Gasteiger partial charge >= 0.3 is 0 Å². The van der Waals surface area contributed by atoms with Crippen LogP contribution in [0.1, 0.15) is 101 Å². The van der Waals surface area contributed by atoms with E-state index in [1.54, 1.807) is 0 Å². The first kappa shape index (κ1) is 40.2. The van der Waals surface area contributed by atoms with Crippen LogP contribution in [-0.4, -0.2) is 6.71 Å². The molecule has 3 aliphatic rings. The second-order valence-electron chi connectivity index (χ2n) is 21.7. The Morgan fingerprint density at radius 1 is 0.508 bits per heavy atom. The molecule has 0 amide bonds. The Morgan fingerprint density at radius 3 is 1.86 bits per heavy atom. The van der Waals surface area contributed by atoms with Gasteiger partial charge in [-0.1, -0.05) is 141 Å². The van der Waals surface area contributed by atoms with Crippen molar-refractivity contribution in [2.24, 2.45) is 0 Å². The van der Waals surface area contributed by atoms with Gasteiger partial charge in [0.2, 0.25) is 0 Å². The largest absolute Gasteiger partial charge is 0.456 e. The van der Waals surface area contributed by atoms with Crippen LogP contribution in [0.2, 0.25) is 0 Å². The van der Waals surface area contributed by atoms with Gasteiger partial charge in [0, 0.05) is 60.5 Å². The summed E-state index contributed by atoms with van der Waals surface area (Å²) in [5.74, 6) is 0. The summed E-state index contributed by atoms with van der Waals surface area (Å²) in [6.07, 6.45) is 4.62. The van der Waals surface area contributed by atoms with Gasteiger partial charge in [-0.3, -0.25) is 0 Å². The molecule has 7 aromatic carbocycles. The van der Waals surface area contributed by atoms with Crippen LogP contribution in [0, 0.1) is 0 Å². The maximum atomic E-state index is 6.59. The zero-order valence-corrected chi connectivity index (χ0v) is 39.9. The number of nitrogens with zero attached hydrogens (tertiary/aromatic N) is 2. The summed E-state index contributed by atoms with van der Waals surface area (Å²) in [6.45, 7) is 21.1. The Kier molecular flexibility index (Phi) is 8.73. The summed E-state index contributed by atoms with van der Waals surface area (Å²) in [5, 5.41) is 3.70. The third kappa shape index (κ3) is 6.29. The minimum atomic E-state index is -0.121. The summed E-state index contributed by atoms with van der Waals surface area (Å²) < 4.78 is 7.97. The summed E-state index contributed by atoms with van der Waals surface area (Å²) in [5.41, 5.74) is 21.0. The highest BCUT2D eigenvalue weighted by molar-refractivity contribution is 7.20. The van der Waals surface area contributed by atoms with Gasteiger partial charge in [0.15, 0.2) is 0 Å². The van der Waals surface area contributed by atoms with Crippen molar-refractivity contribution >= 4 is 106 Å². The number of thiophene rings is 1. The molecule has 0 saturated heterocycles. The molecular formula is C60H55BN2OS. The van der Waals surface area contributed by atoms with Gasteiger partial charge in [-0.2, -0.15) is 0 Å². The molecule has 0 bridgehead atoms. The number of fused-ring (bicyclic) bond motifs is 10. The molecule has 1 aliphatic carbocycles. The predicted molar refractivity (Wildman–Crippen MR) is 281 cm³/mol. The molecule has 9 aromatic rings. The number of anilines is 6. The molecule has 2 aromatic heterocycles. The van der Waals surface area contributed by atoms with E-state index in [0.29, 0.717) is 0 Å². The molecule has 0 fully saturated rings. The average molecular weight is 863 g/mol. The molecular weight excluding hydrogens is 808 g/mol. The molecule has 2 aliphatic heterocycles. The lowest BCUT2D eigenvalue weighted by atomic mass is 9.33. The minimum Gasteiger partial charge on any atom is -0.456 e. The van der Waals surface area contributed by atoms with E-state index < -0.39 is 0 Å². The molecule has 0 N–H and O–H groups in total. The van der Waals surface area contributed by atoms with Crippen molar-refractivity contribution in [3.63, 3.8) is 0 Å². The van der Waals surface area contributed by atoms with E-state index in [1.165, 1.54) is 93.2 Å². The summed E-state index contributed by atoms with van der Waals surface area (Å²) >= 11 is 1.94. The first-order valence-electron chi connectivity index (χ1n) is 23.4. The van der Waals surface area contributed by atoms with Crippen molar-refractivity contribution in [1.29, 1.82) is 0 Å². The number of hydrogen-bond donors (Lipinski definition) is 0. The maximum Gasteiger partial charge on any atom is 0.252 e. The SMILES string of the molecule is CC(C)(C)c1ccc2c(c1)B1c3ccc(C(C)(C)C)cc3N(c3ccc(C4=CCCc5c4sc4ccccc54)cc3)c3cc(C(C)(C)C)cc(c31)N2c1ccc2c(c1)oc1ccccc12. The first-order valence-corrected chi connectivity index (χ1v) is 24.2. The molecule has 0 radical (unpaired) electrons. The number of hydrogen-bond acceptors (Lipinski definition) is 4. The van der Waals surface area contributed by atoms with Crippen LogP contribution in [-0.2, 0) is 22.7 Å². The van der Waals surface area contributed by atoms with E-state index in [2.05, 4.69) is 218 Å². The lowest BCUT2D eigenvalue weighted by Crippen LogP contribution is -2.61. The molecule has 5 heteroatoms. The Bertz CT molecular complexity index is 3460. The highest BCUT2D eigenvalue weighted by Crippen LogP contribution is 2.49. The molecule has 65 heavy (non-hydrogen) atoms. The van der Waals surface area contributed by atoms with Crippen molar-refractivity contribution < 1.29 is 4.42 Å². The van der Waals surface area contributed by atoms with Crippen LogP contribution in [0.25, 0.3) is 37.6 Å². The minimum absolute atomic E-state index is 0.0239. The second kappa shape index (κ2) is 14.1. The van der Waals surface area contributed by atoms with Gasteiger partial charge in [-0.15, -0.1) is 11.3 Å². The fourth-order valence-electron chi connectivity index (χ4n) is 10.8. The van der Waals surface area contributed by atoms with Crippen LogP contribution in [0.3, 0.4) is 0 Å². The van der Waals surface area contributed by atoms with Crippen molar-refractivity contribution in [3.8, 4) is 0 Å². The van der Waals surface area contributed by atoms with E-state index in [4.69, 9.17) is 4.42 Å². The number of furan rings is 1. The van der Waals surface area contributed by atoms with Crippen LogP contribution in [0.4, 0.5) is 34.1 Å². The molecule has 320 valence electrons. The molecule has 0 unspecified atom stereocenters. The fourth-order valence-corrected chi connectivity index (χ4v) is 12.1. The average Bonchev–Trinajstić information content (AvgIpc) is 3.86. The van der Waals surface area contributed by atoms with Gasteiger partial charge in [0.05, 0.1) is 0 Å². The molecule has 3 nitrogen and oxygen atoms in total. The Balaban J connectivity index is 1.11. The zero-order valence-electron chi connectivity index (χ0n) is 39.1. The van der Waals surface area contributed by atoms with Gasteiger partial charge in [-0.25, -0.2) is 0 Å². The molecule has 12 rings (SSSR count). The predicted octanol–water partition coefficient (Wildman–Crippen LogP) is 15.2. The lowest BCUT2D eigenvalue weighted by molar-refractivity contribution is 0.589. The van der Waals surface area contributed by atoms with Crippen molar-refractivity contribution in [3.05, 3.63) is 178 Å². The number of benzene rings is 7. The van der Waals surface area contributed by atoms with Crippen LogP contribution < -0.4 is 26.2 Å². The van der Waals surface area contributed by atoms with Crippen LogP contribution >= 0.6 is 11.3 Å². The fraction of sp³-hybridized carbons (Fsp3) is 0.233. The van der Waals surface area contributed by atoms with E-state index in [9.17, 15) is 0 Å². The first-order chi connectivity index (χ1) is 31.1. The Labute approximate surface area is 388 Å². The van der Waals surface area contributed by atoms with E-state index in [1.807, 2.05) is 11.3 Å². The quantitative estimate of drug-likeness (QED) is 0.165. The lowest BCUT2D eigenvalue weighted by Gasteiger charge is -2.45. The standard InChI is InChI=1S/C60H55BN2OS/c1-58(2,3)37-24-30-49-48(31-37)61-47-29-23-38(59(4,5)6)32-50(47)62(40-25-21-36(22-26-40)42-17-14-18-46-45-16-11-13-20-55(45)65-57(42)46)51-33-39(60(7,8)9)34-52(56(51)61)63(49)41-27-28-44-43-15-10-12-19-53(43)64-54(44)35-41/h10-13,15-17,19-35H,14,18H2,1-9H3. The number of rotatable bonds is 3. The summed E-state index contributed by atoms with van der Waals surface area (Å²) in [4.78, 5) is 6.55. The van der Waals surface area contributed by atoms with Crippen molar-refractivity contribution in [1.82, 2.24) is 0 Å². The third-order valence-electron chi connectivity index (χ3n) is 14.4. The molecule has 0 saturated carbocycles. The third-order valence-corrected chi connectivity index (χ3v) is 15.7. The van der Waals surface area contributed by atoms with Gasteiger partial charge in [-0.05, 0) is 145 Å². The maximum absolute atomic E-state index is 6.59. The normalized spacial score (nSPS) is 14.7. The van der Waals surface area contributed by atoms with E-state index >= 15 is 0 Å². The topological polar surface area (TPSA) is 19.6 Å². The molecule has 4 heterocycles. The number of aryl methyl sites for hydroxylation is 1. The monoisotopic (exact) mass is 862 g/mol. The Hall–Kier alpha value is -6.30. The highest BCUT2D eigenvalue weighted by Gasteiger charge is 2.45. The van der Waals surface area contributed by atoms with Gasteiger partial charge in [0.1, 0.15) is 11.2 Å². The van der Waals surface area contributed by atoms with E-state index in [-0.39, 0.29) is 23.0 Å². The van der Waals surface area contributed by atoms with E-state index in [0.717, 1.165) is 40.5 Å². The smallest absolute Gasteiger partial charge is 0.252 e. The summed E-state index contributed by atoms with van der Waals surface area (Å²) in [6, 6.07) is 53.2. The highest BCUT2D eigenvalue weighted by atomic mass is 32.1. The van der Waals surface area contributed by atoms with Crippen LogP contribution in [0.15, 0.2) is 150 Å². The zero-order chi connectivity index (χ0) is 44.7. The van der Waals surface area contributed by atoms with Crippen molar-refractivity contribution in [2.75, 3.05) is 9.80 Å². The number of allylic oxidation sites excluding steroid dienone is 1.